The number of carbonyl (C=O) groups excluding carboxylic acids is 2. The fraction of sp³-hybridized carbons (Fsp3) is 0.263. The second kappa shape index (κ2) is 9.99. The Morgan fingerprint density at radius 1 is 1.03 bits per heavy atom. The van der Waals surface area contributed by atoms with Crippen LogP contribution in [0.4, 0.5) is 28.9 Å². The highest BCUT2D eigenvalue weighted by Gasteiger charge is 2.34. The minimum atomic E-state index is -4.81. The number of alkyl halides is 3. The summed E-state index contributed by atoms with van der Waals surface area (Å²) in [6, 6.07) is 7.87. The van der Waals surface area contributed by atoms with Gasteiger partial charge in [0.2, 0.25) is 5.91 Å². The average Bonchev–Trinajstić information content (AvgIpc) is 2.66. The van der Waals surface area contributed by atoms with Gasteiger partial charge in [-0.3, -0.25) is 9.59 Å². The lowest BCUT2D eigenvalue weighted by molar-refractivity contribution is -0.137. The van der Waals surface area contributed by atoms with Crippen LogP contribution in [0.25, 0.3) is 0 Å². The summed E-state index contributed by atoms with van der Waals surface area (Å²) in [6.07, 6.45) is -4.81. The zero-order valence-corrected chi connectivity index (χ0v) is 15.3. The predicted octanol–water partition coefficient (Wildman–Crippen LogP) is 3.70. The van der Waals surface area contributed by atoms with Gasteiger partial charge in [-0.2, -0.15) is 13.2 Å². The number of benzene rings is 2. The van der Waals surface area contributed by atoms with Crippen molar-refractivity contribution < 1.29 is 36.6 Å². The van der Waals surface area contributed by atoms with Crippen LogP contribution in [0.5, 0.6) is 0 Å². The zero-order chi connectivity index (χ0) is 21.4. The second-order valence-corrected chi connectivity index (χ2v) is 5.79. The zero-order valence-electron chi connectivity index (χ0n) is 15.3. The molecule has 0 saturated heterocycles. The van der Waals surface area contributed by atoms with Gasteiger partial charge in [0.25, 0.3) is 5.91 Å². The van der Waals surface area contributed by atoms with Crippen molar-refractivity contribution in [3.63, 3.8) is 0 Å². The molecule has 2 aromatic rings. The third kappa shape index (κ3) is 6.54. The van der Waals surface area contributed by atoms with E-state index < -0.39 is 41.7 Å². The molecule has 0 radical (unpaired) electrons. The first-order chi connectivity index (χ1) is 13.7. The smallest absolute Gasteiger partial charge is 0.382 e. The molecule has 10 heteroatoms. The molecule has 2 aromatic carbocycles. The van der Waals surface area contributed by atoms with Gasteiger partial charge in [-0.15, -0.1) is 0 Å². The highest BCUT2D eigenvalue weighted by Crippen LogP contribution is 2.36. The van der Waals surface area contributed by atoms with Crippen LogP contribution in [-0.2, 0) is 20.4 Å². The molecule has 2 rings (SSSR count). The Hall–Kier alpha value is -2.98. The fourth-order valence-electron chi connectivity index (χ4n) is 2.30. The van der Waals surface area contributed by atoms with Gasteiger partial charge in [0.1, 0.15) is 12.4 Å². The molecule has 0 aliphatic carbocycles. The number of methoxy groups -OCH3 is 1. The number of carbonyl (C=O) groups is 2. The molecule has 0 saturated carbocycles. The van der Waals surface area contributed by atoms with Gasteiger partial charge in [0, 0.05) is 12.8 Å². The van der Waals surface area contributed by atoms with Crippen LogP contribution in [0.2, 0.25) is 0 Å². The van der Waals surface area contributed by atoms with E-state index in [-0.39, 0.29) is 24.5 Å². The van der Waals surface area contributed by atoms with Crippen LogP contribution in [0, 0.1) is 5.82 Å². The standard InChI is InChI=1S/C19H18F4N2O4/c1-28-8-9-29-11-17(26)25-16-7-6-12(10-14(16)19(21,22)23)24-18(27)13-4-2-3-5-15(13)20/h2-7,10H,8-9,11H2,1H3,(H,24,27)(H,25,26). The topological polar surface area (TPSA) is 76.7 Å². The third-order valence-electron chi connectivity index (χ3n) is 3.64. The summed E-state index contributed by atoms with van der Waals surface area (Å²) in [7, 11) is 1.44. The number of ether oxygens (including phenoxy) is 2. The average molecular weight is 414 g/mol. The third-order valence-corrected chi connectivity index (χ3v) is 3.64. The molecular weight excluding hydrogens is 396 g/mol. The van der Waals surface area contributed by atoms with Crippen molar-refractivity contribution >= 4 is 23.2 Å². The number of nitrogens with one attached hydrogen (secondary N) is 2. The van der Waals surface area contributed by atoms with E-state index in [1.54, 1.807) is 0 Å². The maximum absolute atomic E-state index is 13.7. The Balaban J connectivity index is 2.16. The van der Waals surface area contributed by atoms with Crippen LogP contribution in [0.3, 0.4) is 0 Å². The summed E-state index contributed by atoms with van der Waals surface area (Å²) in [5.74, 6) is -2.49. The maximum atomic E-state index is 13.7. The quantitative estimate of drug-likeness (QED) is 0.510. The fourth-order valence-corrected chi connectivity index (χ4v) is 2.30. The molecular formula is C19H18F4N2O4. The largest absolute Gasteiger partial charge is 0.418 e. The first-order valence-electron chi connectivity index (χ1n) is 8.36. The minimum absolute atomic E-state index is 0.108. The van der Waals surface area contributed by atoms with Crippen LogP contribution in [0.15, 0.2) is 42.5 Å². The van der Waals surface area contributed by atoms with E-state index in [9.17, 15) is 27.2 Å². The lowest BCUT2D eigenvalue weighted by Gasteiger charge is -2.16. The molecule has 0 spiro atoms. The molecule has 0 heterocycles. The van der Waals surface area contributed by atoms with Gasteiger partial charge >= 0.3 is 6.18 Å². The Kier molecular flexibility index (Phi) is 7.68. The van der Waals surface area contributed by atoms with E-state index in [0.717, 1.165) is 18.2 Å². The van der Waals surface area contributed by atoms with Crippen molar-refractivity contribution in [2.24, 2.45) is 0 Å². The number of amides is 2. The van der Waals surface area contributed by atoms with Crippen molar-refractivity contribution in [3.8, 4) is 0 Å². The van der Waals surface area contributed by atoms with Crippen molar-refractivity contribution in [2.45, 2.75) is 6.18 Å². The lowest BCUT2D eigenvalue weighted by atomic mass is 10.1. The minimum Gasteiger partial charge on any atom is -0.382 e. The second-order valence-electron chi connectivity index (χ2n) is 5.79. The Bertz CT molecular complexity index is 872. The van der Waals surface area contributed by atoms with E-state index in [4.69, 9.17) is 9.47 Å². The van der Waals surface area contributed by atoms with Gasteiger partial charge in [0.15, 0.2) is 0 Å². The summed E-state index contributed by atoms with van der Waals surface area (Å²) < 4.78 is 63.5. The molecule has 0 aliphatic heterocycles. The van der Waals surface area contributed by atoms with E-state index in [2.05, 4.69) is 10.6 Å². The molecule has 6 nitrogen and oxygen atoms in total. The van der Waals surface area contributed by atoms with Crippen molar-refractivity contribution in [3.05, 3.63) is 59.4 Å². The number of anilines is 2. The molecule has 0 atom stereocenters. The number of halogens is 4. The molecule has 0 aromatic heterocycles. The van der Waals surface area contributed by atoms with Gasteiger partial charge in [-0.05, 0) is 30.3 Å². The van der Waals surface area contributed by atoms with E-state index in [1.807, 2.05) is 0 Å². The molecule has 0 bridgehead atoms. The normalized spacial score (nSPS) is 11.2. The summed E-state index contributed by atoms with van der Waals surface area (Å²) >= 11 is 0. The molecule has 0 fully saturated rings. The van der Waals surface area contributed by atoms with Gasteiger partial charge < -0.3 is 20.1 Å². The Morgan fingerprint density at radius 3 is 2.41 bits per heavy atom. The van der Waals surface area contributed by atoms with Crippen LogP contribution in [-0.4, -0.2) is 38.7 Å². The van der Waals surface area contributed by atoms with Crippen molar-refractivity contribution in [2.75, 3.05) is 37.6 Å². The number of hydrogen-bond acceptors (Lipinski definition) is 4. The van der Waals surface area contributed by atoms with E-state index in [1.165, 1.54) is 25.3 Å². The molecule has 0 aliphatic rings. The van der Waals surface area contributed by atoms with E-state index >= 15 is 0 Å². The van der Waals surface area contributed by atoms with Gasteiger partial charge in [-0.25, -0.2) is 4.39 Å². The molecule has 2 amide bonds. The molecule has 0 unspecified atom stereocenters. The summed E-state index contributed by atoms with van der Waals surface area (Å²) in [5, 5.41) is 4.33. The predicted molar refractivity (Wildman–Crippen MR) is 97.1 cm³/mol. The van der Waals surface area contributed by atoms with Crippen molar-refractivity contribution in [1.29, 1.82) is 0 Å². The highest BCUT2D eigenvalue weighted by atomic mass is 19.4. The first kappa shape index (κ1) is 22.3. The van der Waals surface area contributed by atoms with E-state index in [0.29, 0.717) is 6.07 Å². The lowest BCUT2D eigenvalue weighted by Crippen LogP contribution is -2.22. The van der Waals surface area contributed by atoms with Crippen molar-refractivity contribution in [1.82, 2.24) is 0 Å². The summed E-state index contributed by atoms with van der Waals surface area (Å²) in [5.41, 5.74) is -2.19. The van der Waals surface area contributed by atoms with Gasteiger partial charge in [0.05, 0.1) is 30.0 Å². The number of hydrogen-bond donors (Lipinski definition) is 2. The molecule has 156 valence electrons. The highest BCUT2D eigenvalue weighted by molar-refractivity contribution is 6.04. The monoisotopic (exact) mass is 414 g/mol. The van der Waals surface area contributed by atoms with Gasteiger partial charge in [-0.1, -0.05) is 12.1 Å². The van der Waals surface area contributed by atoms with Crippen LogP contribution in [0.1, 0.15) is 15.9 Å². The van der Waals surface area contributed by atoms with Crippen LogP contribution < -0.4 is 10.6 Å². The Morgan fingerprint density at radius 2 is 1.76 bits per heavy atom. The maximum Gasteiger partial charge on any atom is 0.418 e. The summed E-state index contributed by atoms with van der Waals surface area (Å²) in [4.78, 5) is 23.9. The molecule has 2 N–H and O–H groups in total. The first-order valence-corrected chi connectivity index (χ1v) is 8.36. The number of rotatable bonds is 8. The Labute approximate surface area is 163 Å². The molecule has 29 heavy (non-hydrogen) atoms. The summed E-state index contributed by atoms with van der Waals surface area (Å²) in [6.45, 7) is -0.110. The SMILES string of the molecule is COCCOCC(=O)Nc1ccc(NC(=O)c2ccccc2F)cc1C(F)(F)F. The van der Waals surface area contributed by atoms with Crippen LogP contribution >= 0.6 is 0 Å².